The van der Waals surface area contributed by atoms with Gasteiger partial charge in [0.05, 0.1) is 0 Å². The molecule has 0 nitrogen and oxygen atoms in total. The molecule has 0 spiro atoms. The van der Waals surface area contributed by atoms with E-state index in [4.69, 9.17) is 0 Å². The van der Waals surface area contributed by atoms with Gasteiger partial charge < -0.3 is 0 Å². The highest BCUT2D eigenvalue weighted by atomic mass is 27.2. The molecule has 0 rings (SSSR count). The van der Waals surface area contributed by atoms with Gasteiger partial charge in [-0.3, -0.25) is 0 Å². The van der Waals surface area contributed by atoms with Gasteiger partial charge in [0.2, 0.25) is 0 Å². The predicted octanol–water partition coefficient (Wildman–Crippen LogP) is 4.18. The van der Waals surface area contributed by atoms with Gasteiger partial charge in [-0.25, -0.2) is 0 Å². The van der Waals surface area contributed by atoms with E-state index in [1.54, 1.807) is 0 Å². The second kappa shape index (κ2) is 6.95. The molecule has 0 aromatic carbocycles. The Morgan fingerprint density at radius 2 is 0.846 bits per heavy atom. The molecular formula is C12H20Al-. The Bertz CT molecular complexity index is 146. The summed E-state index contributed by atoms with van der Waals surface area (Å²) in [5, 5.41) is 4.66. The molecule has 72 valence electrons. The van der Waals surface area contributed by atoms with Crippen LogP contribution in [0.3, 0.4) is 0 Å². The molecular weight excluding hydrogens is 171 g/mol. The summed E-state index contributed by atoms with van der Waals surface area (Å²) in [6.07, 6.45) is 8.17. The number of allylic oxidation sites excluding steroid dienone is 4. The molecule has 0 amide bonds. The molecule has 0 aliphatic heterocycles. The van der Waals surface area contributed by atoms with E-state index in [-0.39, 0.29) is 0 Å². The largest absolute Gasteiger partial charge is 0.173 e. The summed E-state index contributed by atoms with van der Waals surface area (Å²) in [5.74, 6) is 0. The number of rotatable bonds is 8. The van der Waals surface area contributed by atoms with Crippen molar-refractivity contribution in [1.29, 1.82) is 0 Å². The van der Waals surface area contributed by atoms with Crippen molar-refractivity contribution in [2.45, 2.75) is 21.1 Å². The molecule has 0 N–H and O–H groups in total. The zero-order valence-corrected chi connectivity index (χ0v) is 9.70. The lowest BCUT2D eigenvalue weighted by Crippen LogP contribution is -2.30. The van der Waals surface area contributed by atoms with Crippen LogP contribution in [0.4, 0.5) is 0 Å². The van der Waals surface area contributed by atoms with Gasteiger partial charge in [0.1, 0.15) is 0 Å². The molecule has 0 saturated heterocycles. The summed E-state index contributed by atoms with van der Waals surface area (Å²) in [6.45, 7) is 15.3. The van der Waals surface area contributed by atoms with Crippen LogP contribution in [0.15, 0.2) is 50.6 Å². The maximum Gasteiger partial charge on any atom is 0.151 e. The van der Waals surface area contributed by atoms with E-state index < -0.39 is 13.1 Å². The normalized spacial score (nSPS) is 10.5. The Hall–Kier alpha value is -0.508. The molecule has 0 atom stereocenters. The van der Waals surface area contributed by atoms with Crippen molar-refractivity contribution in [3.8, 4) is 0 Å². The van der Waals surface area contributed by atoms with Crippen LogP contribution in [-0.2, 0) is 0 Å². The summed E-state index contributed by atoms with van der Waals surface area (Å²) in [4.78, 5) is 0. The van der Waals surface area contributed by atoms with Gasteiger partial charge in [-0.15, -0.1) is 50.6 Å². The monoisotopic (exact) mass is 191 g/mol. The Balaban J connectivity index is 4.53. The lowest BCUT2D eigenvalue weighted by atomic mass is 10.7. The van der Waals surface area contributed by atoms with E-state index >= 15 is 0 Å². The van der Waals surface area contributed by atoms with Gasteiger partial charge >= 0.3 is 0 Å². The van der Waals surface area contributed by atoms with E-state index in [1.807, 2.05) is 24.3 Å². The fraction of sp³-hybridized carbons (Fsp3) is 0.333. The molecule has 1 heteroatoms. The highest BCUT2D eigenvalue weighted by Gasteiger charge is 2.23. The molecule has 0 fully saturated rings. The highest BCUT2D eigenvalue weighted by molar-refractivity contribution is 6.81. The van der Waals surface area contributed by atoms with Crippen molar-refractivity contribution in [1.82, 2.24) is 0 Å². The minimum absolute atomic E-state index is 1.16. The van der Waals surface area contributed by atoms with Gasteiger partial charge in [-0.2, -0.15) is 21.1 Å². The first-order chi connectivity index (χ1) is 6.24. The van der Waals surface area contributed by atoms with E-state index in [1.165, 1.54) is 0 Å². The van der Waals surface area contributed by atoms with Gasteiger partial charge in [0.15, 0.2) is 13.1 Å². The minimum Gasteiger partial charge on any atom is -0.173 e. The summed E-state index contributed by atoms with van der Waals surface area (Å²) >= 11 is -1.57. The molecule has 0 aromatic rings. The second-order valence-electron chi connectivity index (χ2n) is 3.83. The van der Waals surface area contributed by atoms with Crippen molar-refractivity contribution >= 4 is 13.1 Å². The average molecular weight is 191 g/mol. The third kappa shape index (κ3) is 4.31. The van der Waals surface area contributed by atoms with Crippen LogP contribution in [0.5, 0.6) is 0 Å². The van der Waals surface area contributed by atoms with Crippen LogP contribution in [0.1, 0.15) is 0 Å². The van der Waals surface area contributed by atoms with E-state index in [9.17, 15) is 0 Å². The zero-order valence-electron chi connectivity index (χ0n) is 8.54. The fourth-order valence-corrected chi connectivity index (χ4v) is 5.97. The Morgan fingerprint density at radius 1 is 0.615 bits per heavy atom. The SMILES string of the molecule is C=C[CH2][Al-]([CH2]C=C)([CH2]C=C)[CH2]C=C. The fourth-order valence-electron chi connectivity index (χ4n) is 1.99. The van der Waals surface area contributed by atoms with E-state index in [0.29, 0.717) is 0 Å². The van der Waals surface area contributed by atoms with Crippen LogP contribution in [0, 0.1) is 0 Å². The molecule has 0 bridgehead atoms. The molecule has 0 aliphatic carbocycles. The van der Waals surface area contributed by atoms with Crippen molar-refractivity contribution in [2.24, 2.45) is 0 Å². The van der Waals surface area contributed by atoms with Crippen molar-refractivity contribution in [3.05, 3.63) is 50.6 Å². The Morgan fingerprint density at radius 3 is 1.00 bits per heavy atom. The molecule has 0 heterocycles. The minimum atomic E-state index is -1.57. The van der Waals surface area contributed by atoms with Crippen molar-refractivity contribution in [2.75, 3.05) is 0 Å². The second-order valence-corrected chi connectivity index (χ2v) is 9.18. The Labute approximate surface area is 85.0 Å². The standard InChI is InChI=1S/4C3H5.Al/c4*1-3-2;/h4*3H,1-2H2;/q;;;;-1. The molecule has 0 aliphatic rings. The number of hydrogen-bond donors (Lipinski definition) is 0. The van der Waals surface area contributed by atoms with Crippen LogP contribution in [0.2, 0.25) is 21.1 Å². The smallest absolute Gasteiger partial charge is 0.151 e. The Kier molecular flexibility index (Phi) is 6.68. The predicted molar refractivity (Wildman–Crippen MR) is 65.8 cm³/mol. The van der Waals surface area contributed by atoms with Crippen molar-refractivity contribution < 1.29 is 0 Å². The third-order valence-corrected chi connectivity index (χ3v) is 8.00. The number of hydrogen-bond acceptors (Lipinski definition) is 0. The summed E-state index contributed by atoms with van der Waals surface area (Å²) < 4.78 is 0. The lowest BCUT2D eigenvalue weighted by molar-refractivity contribution is 1.30. The van der Waals surface area contributed by atoms with Gasteiger partial charge in [0, 0.05) is 0 Å². The maximum atomic E-state index is 3.83. The average Bonchev–Trinajstić information content (AvgIpc) is 2.06. The highest BCUT2D eigenvalue weighted by Crippen LogP contribution is 2.27. The summed E-state index contributed by atoms with van der Waals surface area (Å²) in [7, 11) is 0. The van der Waals surface area contributed by atoms with Crippen LogP contribution >= 0.6 is 0 Å². The van der Waals surface area contributed by atoms with Gasteiger partial charge in [-0.05, 0) is 0 Å². The van der Waals surface area contributed by atoms with Crippen molar-refractivity contribution in [3.63, 3.8) is 0 Å². The first kappa shape index (κ1) is 12.5. The molecule has 0 aromatic heterocycles. The topological polar surface area (TPSA) is 0 Å². The molecule has 0 saturated carbocycles. The first-order valence-corrected chi connectivity index (χ1v) is 8.16. The van der Waals surface area contributed by atoms with Crippen LogP contribution < -0.4 is 0 Å². The van der Waals surface area contributed by atoms with Crippen LogP contribution in [-0.4, -0.2) is 13.1 Å². The quantitative estimate of drug-likeness (QED) is 0.399. The van der Waals surface area contributed by atoms with Gasteiger partial charge in [-0.1, -0.05) is 0 Å². The zero-order chi connectivity index (χ0) is 10.2. The maximum absolute atomic E-state index is 3.83. The third-order valence-electron chi connectivity index (χ3n) is 2.67. The van der Waals surface area contributed by atoms with E-state index in [0.717, 1.165) is 21.1 Å². The molecule has 0 radical (unpaired) electrons. The van der Waals surface area contributed by atoms with Crippen LogP contribution in [0.25, 0.3) is 0 Å². The lowest BCUT2D eigenvalue weighted by Gasteiger charge is -2.31. The summed E-state index contributed by atoms with van der Waals surface area (Å²) in [6, 6.07) is 0. The molecule has 0 unspecified atom stereocenters. The molecule has 13 heavy (non-hydrogen) atoms. The van der Waals surface area contributed by atoms with Gasteiger partial charge in [0.25, 0.3) is 0 Å². The van der Waals surface area contributed by atoms with E-state index in [2.05, 4.69) is 26.3 Å². The summed E-state index contributed by atoms with van der Waals surface area (Å²) in [5.41, 5.74) is 0. The first-order valence-electron chi connectivity index (χ1n) is 4.90.